The fraction of sp³-hybridized carbons (Fsp3) is 0.231. The third-order valence-electron chi connectivity index (χ3n) is 4.82. The van der Waals surface area contributed by atoms with Crippen LogP contribution in [0, 0.1) is 0 Å². The summed E-state index contributed by atoms with van der Waals surface area (Å²) < 4.78 is 33.0. The number of carbonyl (C=O) groups is 2. The lowest BCUT2D eigenvalue weighted by molar-refractivity contribution is -0.142. The monoisotopic (exact) mass is 464 g/mol. The molecule has 0 N–H and O–H groups in total. The summed E-state index contributed by atoms with van der Waals surface area (Å²) in [5.41, 5.74) is 0.860. The van der Waals surface area contributed by atoms with Gasteiger partial charge in [-0.2, -0.15) is 0 Å². The quantitative estimate of drug-likeness (QED) is 0.395. The Balaban J connectivity index is 1.62. The van der Waals surface area contributed by atoms with E-state index in [0.717, 1.165) is 5.56 Å². The molecule has 1 aliphatic heterocycles. The van der Waals surface area contributed by atoms with Gasteiger partial charge >= 0.3 is 11.9 Å². The number of hydrogen-bond acceptors (Lipinski definition) is 8. The minimum atomic E-state index is -0.587. The van der Waals surface area contributed by atoms with Gasteiger partial charge in [0.05, 0.1) is 19.6 Å². The Labute approximate surface area is 196 Å². The minimum Gasteiger partial charge on any atom is -0.466 e. The van der Waals surface area contributed by atoms with Crippen molar-refractivity contribution in [2.75, 3.05) is 20.0 Å². The third-order valence-corrected chi connectivity index (χ3v) is 4.82. The van der Waals surface area contributed by atoms with E-state index in [9.17, 15) is 9.59 Å². The zero-order valence-electron chi connectivity index (χ0n) is 18.9. The van der Waals surface area contributed by atoms with E-state index in [2.05, 4.69) is 0 Å². The molecule has 0 amide bonds. The molecule has 4 rings (SSSR count). The standard InChI is InChI=1S/C26H24O8/c1-3-29-24(27)14-17-7-5-8-18(13-17)33-21-9-6-10-22(25(21)26(28)30-4-2)34-19-11-12-20-23(15-19)32-16-31-20/h5-13,15H,3-4,14,16H2,1-2H3. The van der Waals surface area contributed by atoms with E-state index in [1.807, 2.05) is 0 Å². The Kier molecular flexibility index (Phi) is 7.17. The lowest BCUT2D eigenvalue weighted by Gasteiger charge is -2.15. The van der Waals surface area contributed by atoms with Crippen molar-refractivity contribution in [3.05, 3.63) is 71.8 Å². The SMILES string of the molecule is CCOC(=O)Cc1cccc(Oc2cccc(Oc3ccc4c(c3)OCO4)c2C(=O)OCC)c1. The molecule has 176 valence electrons. The summed E-state index contributed by atoms with van der Waals surface area (Å²) in [7, 11) is 0. The molecule has 34 heavy (non-hydrogen) atoms. The number of benzene rings is 3. The summed E-state index contributed by atoms with van der Waals surface area (Å²) in [6.07, 6.45) is 0.114. The Bertz CT molecular complexity index is 1190. The van der Waals surface area contributed by atoms with Gasteiger partial charge in [-0.25, -0.2) is 4.79 Å². The summed E-state index contributed by atoms with van der Waals surface area (Å²) in [6, 6.07) is 17.2. The zero-order valence-corrected chi connectivity index (χ0v) is 18.9. The molecule has 3 aromatic rings. The Morgan fingerprint density at radius 3 is 2.21 bits per heavy atom. The topological polar surface area (TPSA) is 89.5 Å². The fourth-order valence-electron chi connectivity index (χ4n) is 3.38. The van der Waals surface area contributed by atoms with E-state index in [0.29, 0.717) is 29.6 Å². The molecule has 0 saturated carbocycles. The maximum atomic E-state index is 12.9. The molecule has 0 fully saturated rings. The van der Waals surface area contributed by atoms with Crippen molar-refractivity contribution >= 4 is 11.9 Å². The second-order valence-corrected chi connectivity index (χ2v) is 7.20. The van der Waals surface area contributed by atoms with Crippen LogP contribution in [0.25, 0.3) is 0 Å². The van der Waals surface area contributed by atoms with Crippen LogP contribution in [0.1, 0.15) is 29.8 Å². The van der Waals surface area contributed by atoms with Crippen molar-refractivity contribution in [1.82, 2.24) is 0 Å². The highest BCUT2D eigenvalue weighted by atomic mass is 16.7. The van der Waals surface area contributed by atoms with Crippen molar-refractivity contribution in [2.45, 2.75) is 20.3 Å². The lowest BCUT2D eigenvalue weighted by Crippen LogP contribution is -2.09. The molecule has 0 radical (unpaired) electrons. The molecule has 0 unspecified atom stereocenters. The molecule has 0 saturated heterocycles. The minimum absolute atomic E-state index is 0.114. The Morgan fingerprint density at radius 1 is 0.794 bits per heavy atom. The van der Waals surface area contributed by atoms with E-state index < -0.39 is 5.97 Å². The van der Waals surface area contributed by atoms with E-state index in [-0.39, 0.29) is 42.9 Å². The molecule has 0 aromatic heterocycles. The first kappa shape index (κ1) is 23.0. The molecule has 1 heterocycles. The molecular formula is C26H24O8. The second-order valence-electron chi connectivity index (χ2n) is 7.20. The molecule has 0 atom stereocenters. The first-order valence-electron chi connectivity index (χ1n) is 10.9. The van der Waals surface area contributed by atoms with Crippen LogP contribution in [0.15, 0.2) is 60.7 Å². The van der Waals surface area contributed by atoms with Crippen LogP contribution in [0.3, 0.4) is 0 Å². The van der Waals surface area contributed by atoms with Crippen LogP contribution in [0.2, 0.25) is 0 Å². The van der Waals surface area contributed by atoms with Gasteiger partial charge in [0.15, 0.2) is 11.5 Å². The highest BCUT2D eigenvalue weighted by Crippen LogP contribution is 2.39. The van der Waals surface area contributed by atoms with E-state index in [1.54, 1.807) is 74.5 Å². The van der Waals surface area contributed by atoms with Crippen molar-refractivity contribution in [1.29, 1.82) is 0 Å². The number of esters is 2. The van der Waals surface area contributed by atoms with Crippen LogP contribution in [-0.4, -0.2) is 31.9 Å². The van der Waals surface area contributed by atoms with Crippen LogP contribution in [0.4, 0.5) is 0 Å². The smallest absolute Gasteiger partial charge is 0.345 e. The lowest BCUT2D eigenvalue weighted by atomic mass is 10.1. The van der Waals surface area contributed by atoms with Gasteiger partial charge in [0.1, 0.15) is 28.6 Å². The first-order chi connectivity index (χ1) is 16.6. The Morgan fingerprint density at radius 2 is 1.47 bits per heavy atom. The molecule has 0 bridgehead atoms. The largest absolute Gasteiger partial charge is 0.466 e. The predicted octanol–water partition coefficient (Wildman–Crippen LogP) is 5.28. The van der Waals surface area contributed by atoms with Crippen molar-refractivity contribution < 1.29 is 38.0 Å². The highest BCUT2D eigenvalue weighted by Gasteiger charge is 2.22. The average Bonchev–Trinajstić information content (AvgIpc) is 3.28. The van der Waals surface area contributed by atoms with Crippen molar-refractivity contribution in [2.24, 2.45) is 0 Å². The van der Waals surface area contributed by atoms with Crippen LogP contribution < -0.4 is 18.9 Å². The van der Waals surface area contributed by atoms with Crippen LogP contribution in [0.5, 0.6) is 34.5 Å². The molecular weight excluding hydrogens is 440 g/mol. The summed E-state index contributed by atoms with van der Waals surface area (Å²) in [5.74, 6) is 1.69. The van der Waals surface area contributed by atoms with Gasteiger partial charge in [0, 0.05) is 6.07 Å². The number of ether oxygens (including phenoxy) is 6. The fourth-order valence-corrected chi connectivity index (χ4v) is 3.38. The average molecular weight is 464 g/mol. The van der Waals surface area contributed by atoms with Gasteiger partial charge in [-0.05, 0) is 55.8 Å². The summed E-state index contributed by atoms with van der Waals surface area (Å²) >= 11 is 0. The second kappa shape index (κ2) is 10.6. The zero-order chi connectivity index (χ0) is 23.9. The van der Waals surface area contributed by atoms with Gasteiger partial charge in [0.25, 0.3) is 0 Å². The van der Waals surface area contributed by atoms with E-state index >= 15 is 0 Å². The van der Waals surface area contributed by atoms with Gasteiger partial charge in [-0.15, -0.1) is 0 Å². The molecule has 1 aliphatic rings. The molecule has 3 aromatic carbocycles. The van der Waals surface area contributed by atoms with E-state index in [1.165, 1.54) is 0 Å². The third kappa shape index (κ3) is 5.40. The summed E-state index contributed by atoms with van der Waals surface area (Å²) in [6.45, 7) is 4.12. The number of fused-ring (bicyclic) bond motifs is 1. The molecule has 8 nitrogen and oxygen atoms in total. The van der Waals surface area contributed by atoms with Crippen LogP contribution >= 0.6 is 0 Å². The van der Waals surface area contributed by atoms with Gasteiger partial charge in [-0.1, -0.05) is 18.2 Å². The van der Waals surface area contributed by atoms with Crippen LogP contribution in [-0.2, 0) is 20.7 Å². The molecule has 8 heteroatoms. The normalized spacial score (nSPS) is 11.6. The van der Waals surface area contributed by atoms with Crippen molar-refractivity contribution in [3.63, 3.8) is 0 Å². The number of carbonyl (C=O) groups excluding carboxylic acids is 2. The Hall–Kier alpha value is -4.20. The summed E-state index contributed by atoms with van der Waals surface area (Å²) in [4.78, 5) is 24.7. The van der Waals surface area contributed by atoms with Gasteiger partial charge in [0.2, 0.25) is 6.79 Å². The summed E-state index contributed by atoms with van der Waals surface area (Å²) in [5, 5.41) is 0. The van der Waals surface area contributed by atoms with Crippen molar-refractivity contribution in [3.8, 4) is 34.5 Å². The first-order valence-corrected chi connectivity index (χ1v) is 10.9. The molecule has 0 aliphatic carbocycles. The molecule has 0 spiro atoms. The highest BCUT2D eigenvalue weighted by molar-refractivity contribution is 5.96. The van der Waals surface area contributed by atoms with Gasteiger partial charge in [-0.3, -0.25) is 4.79 Å². The maximum absolute atomic E-state index is 12.9. The van der Waals surface area contributed by atoms with Gasteiger partial charge < -0.3 is 28.4 Å². The van der Waals surface area contributed by atoms with E-state index in [4.69, 9.17) is 28.4 Å². The maximum Gasteiger partial charge on any atom is 0.345 e. The number of rotatable bonds is 9. The number of hydrogen-bond donors (Lipinski definition) is 0. The predicted molar refractivity (Wildman–Crippen MR) is 122 cm³/mol.